The normalized spacial score (nSPS) is 10.7. The summed E-state index contributed by atoms with van der Waals surface area (Å²) < 4.78 is 7.01. The van der Waals surface area contributed by atoms with E-state index >= 15 is 0 Å². The third-order valence-electron chi connectivity index (χ3n) is 4.53. The highest BCUT2D eigenvalue weighted by molar-refractivity contribution is 7.99. The summed E-state index contributed by atoms with van der Waals surface area (Å²) in [4.78, 5) is 14.3. The Morgan fingerprint density at radius 2 is 1.96 bits per heavy atom. The third-order valence-corrected chi connectivity index (χ3v) is 5.43. The Morgan fingerprint density at radius 1 is 1.18 bits per heavy atom. The fraction of sp³-hybridized carbons (Fsp3) is 0.300. The molecule has 0 saturated heterocycles. The van der Waals surface area contributed by atoms with Gasteiger partial charge in [-0.1, -0.05) is 36.0 Å². The number of amides is 1. The zero-order chi connectivity index (χ0) is 20.1. The first kappa shape index (κ1) is 19.9. The van der Waals surface area contributed by atoms with Gasteiger partial charge in [0, 0.05) is 19.2 Å². The molecule has 0 aliphatic heterocycles. The number of aryl methyl sites for hydroxylation is 2. The maximum atomic E-state index is 12.6. The quantitative estimate of drug-likeness (QED) is 0.571. The summed E-state index contributed by atoms with van der Waals surface area (Å²) in [7, 11) is 3.41. The molecule has 1 heterocycles. The molecule has 0 spiro atoms. The number of hydrogen-bond acceptors (Lipinski definition) is 6. The van der Waals surface area contributed by atoms with E-state index < -0.39 is 0 Å². The molecule has 0 atom stereocenters. The summed E-state index contributed by atoms with van der Waals surface area (Å²) >= 11 is 1.32. The van der Waals surface area contributed by atoms with Gasteiger partial charge in [0.05, 0.1) is 18.6 Å². The molecule has 0 aliphatic carbocycles. The molecule has 2 aromatic carbocycles. The molecule has 0 fully saturated rings. The van der Waals surface area contributed by atoms with E-state index in [1.165, 1.54) is 17.3 Å². The van der Waals surface area contributed by atoms with Crippen LogP contribution in [0.4, 0.5) is 0 Å². The molecule has 0 unspecified atom stereocenters. The van der Waals surface area contributed by atoms with Gasteiger partial charge in [0.2, 0.25) is 11.1 Å². The van der Waals surface area contributed by atoms with Crippen LogP contribution in [0.2, 0.25) is 0 Å². The van der Waals surface area contributed by atoms with Crippen LogP contribution in [-0.2, 0) is 11.3 Å². The van der Waals surface area contributed by atoms with E-state index in [4.69, 9.17) is 4.74 Å². The molecule has 1 aromatic heterocycles. The van der Waals surface area contributed by atoms with Crippen LogP contribution in [0.25, 0.3) is 5.69 Å². The summed E-state index contributed by atoms with van der Waals surface area (Å²) in [5.41, 5.74) is 4.21. The average molecular weight is 398 g/mol. The number of thioether (sulfide) groups is 1. The highest BCUT2D eigenvalue weighted by Gasteiger charge is 2.16. The Bertz CT molecular complexity index is 973. The summed E-state index contributed by atoms with van der Waals surface area (Å²) in [5, 5.41) is 12.5. The van der Waals surface area contributed by atoms with Gasteiger partial charge in [-0.3, -0.25) is 4.79 Å². The first-order valence-electron chi connectivity index (χ1n) is 8.84. The highest BCUT2D eigenvalue weighted by Crippen LogP contribution is 2.22. The van der Waals surface area contributed by atoms with Crippen molar-refractivity contribution in [1.29, 1.82) is 0 Å². The first-order chi connectivity index (χ1) is 13.5. The third kappa shape index (κ3) is 4.51. The van der Waals surface area contributed by atoms with Crippen LogP contribution in [0, 0.1) is 13.8 Å². The van der Waals surface area contributed by atoms with E-state index in [0.717, 1.165) is 22.6 Å². The minimum Gasteiger partial charge on any atom is -0.496 e. The number of carbonyl (C=O) groups excluding carboxylic acids is 1. The maximum absolute atomic E-state index is 12.6. The van der Waals surface area contributed by atoms with E-state index in [2.05, 4.69) is 22.4 Å². The molecule has 7 nitrogen and oxygen atoms in total. The number of aromatic nitrogens is 4. The zero-order valence-corrected chi connectivity index (χ0v) is 17.2. The van der Waals surface area contributed by atoms with Crippen LogP contribution in [0.15, 0.2) is 47.6 Å². The molecule has 28 heavy (non-hydrogen) atoms. The minimum atomic E-state index is -0.00876. The van der Waals surface area contributed by atoms with Crippen molar-refractivity contribution in [3.63, 3.8) is 0 Å². The second-order valence-corrected chi connectivity index (χ2v) is 7.43. The molecular formula is C20H23N5O2S. The molecular weight excluding hydrogens is 374 g/mol. The second-order valence-electron chi connectivity index (χ2n) is 6.49. The standard InChI is InChI=1S/C20H23N5O2S/c1-14-9-10-17(11-15(14)2)25-20(21-22-23-25)28-13-19(26)24(3)12-16-7-5-6-8-18(16)27-4/h5-11H,12-13H2,1-4H3. The lowest BCUT2D eigenvalue weighted by Gasteiger charge is -2.18. The lowest BCUT2D eigenvalue weighted by molar-refractivity contribution is -0.127. The van der Waals surface area contributed by atoms with Crippen LogP contribution in [0.5, 0.6) is 5.75 Å². The molecule has 0 bridgehead atoms. The van der Waals surface area contributed by atoms with Gasteiger partial charge in [0.25, 0.3) is 0 Å². The molecule has 3 aromatic rings. The number of para-hydroxylation sites is 1. The van der Waals surface area contributed by atoms with Crippen molar-refractivity contribution in [2.24, 2.45) is 0 Å². The van der Waals surface area contributed by atoms with Crippen molar-refractivity contribution in [2.75, 3.05) is 19.9 Å². The molecule has 0 N–H and O–H groups in total. The number of tetrazole rings is 1. The van der Waals surface area contributed by atoms with Crippen molar-refractivity contribution in [1.82, 2.24) is 25.1 Å². The SMILES string of the molecule is COc1ccccc1CN(C)C(=O)CSc1nnnn1-c1ccc(C)c(C)c1. The topological polar surface area (TPSA) is 73.1 Å². The van der Waals surface area contributed by atoms with Gasteiger partial charge < -0.3 is 9.64 Å². The Labute approximate surface area is 168 Å². The fourth-order valence-electron chi connectivity index (χ4n) is 2.70. The average Bonchev–Trinajstić information content (AvgIpc) is 3.17. The van der Waals surface area contributed by atoms with Crippen molar-refractivity contribution in [3.8, 4) is 11.4 Å². The summed E-state index contributed by atoms with van der Waals surface area (Å²) in [5.74, 6) is 1.01. The monoisotopic (exact) mass is 397 g/mol. The number of hydrogen-bond donors (Lipinski definition) is 0. The van der Waals surface area contributed by atoms with Crippen LogP contribution in [0.1, 0.15) is 16.7 Å². The molecule has 0 radical (unpaired) electrons. The van der Waals surface area contributed by atoms with Gasteiger partial charge in [0.15, 0.2) is 0 Å². The van der Waals surface area contributed by atoms with Crippen molar-refractivity contribution < 1.29 is 9.53 Å². The van der Waals surface area contributed by atoms with E-state index in [1.54, 1.807) is 23.7 Å². The van der Waals surface area contributed by atoms with E-state index in [1.807, 2.05) is 49.4 Å². The Hall–Kier alpha value is -2.87. The number of benzene rings is 2. The second kappa shape index (κ2) is 8.88. The summed E-state index contributed by atoms with van der Waals surface area (Å²) in [6.07, 6.45) is 0. The maximum Gasteiger partial charge on any atom is 0.233 e. The molecule has 8 heteroatoms. The molecule has 146 valence electrons. The van der Waals surface area contributed by atoms with Crippen molar-refractivity contribution in [3.05, 3.63) is 59.2 Å². The lowest BCUT2D eigenvalue weighted by atomic mass is 10.1. The van der Waals surface area contributed by atoms with E-state index in [0.29, 0.717) is 11.7 Å². The molecule has 0 aliphatic rings. The van der Waals surface area contributed by atoms with Gasteiger partial charge in [-0.05, 0) is 53.6 Å². The number of carbonyl (C=O) groups is 1. The smallest absolute Gasteiger partial charge is 0.233 e. The largest absolute Gasteiger partial charge is 0.496 e. The first-order valence-corrected chi connectivity index (χ1v) is 9.83. The van der Waals surface area contributed by atoms with Gasteiger partial charge in [-0.25, -0.2) is 0 Å². The molecule has 0 saturated carbocycles. The summed E-state index contributed by atoms with van der Waals surface area (Å²) in [6, 6.07) is 13.7. The minimum absolute atomic E-state index is 0.00876. The number of rotatable bonds is 7. The van der Waals surface area contributed by atoms with E-state index in [-0.39, 0.29) is 11.7 Å². The molecule has 3 rings (SSSR count). The van der Waals surface area contributed by atoms with Crippen LogP contribution < -0.4 is 4.74 Å². The molecule has 1 amide bonds. The van der Waals surface area contributed by atoms with Gasteiger partial charge in [-0.2, -0.15) is 4.68 Å². The zero-order valence-electron chi connectivity index (χ0n) is 16.4. The van der Waals surface area contributed by atoms with Crippen LogP contribution in [-0.4, -0.2) is 50.9 Å². The fourth-order valence-corrected chi connectivity index (χ4v) is 3.53. The summed E-state index contributed by atoms with van der Waals surface area (Å²) in [6.45, 7) is 4.59. The number of nitrogens with zero attached hydrogens (tertiary/aromatic N) is 5. The predicted molar refractivity (Wildman–Crippen MR) is 109 cm³/mol. The van der Waals surface area contributed by atoms with Crippen molar-refractivity contribution in [2.45, 2.75) is 25.5 Å². The predicted octanol–water partition coefficient (Wildman–Crippen LogP) is 3.04. The Kier molecular flexibility index (Phi) is 6.30. The van der Waals surface area contributed by atoms with Crippen molar-refractivity contribution >= 4 is 17.7 Å². The van der Waals surface area contributed by atoms with Gasteiger partial charge in [0.1, 0.15) is 5.75 Å². The number of methoxy groups -OCH3 is 1. The van der Waals surface area contributed by atoms with E-state index in [9.17, 15) is 4.79 Å². The Balaban J connectivity index is 1.65. The highest BCUT2D eigenvalue weighted by atomic mass is 32.2. The van der Waals surface area contributed by atoms with Crippen LogP contribution in [0.3, 0.4) is 0 Å². The Morgan fingerprint density at radius 3 is 2.71 bits per heavy atom. The van der Waals surface area contributed by atoms with Crippen LogP contribution >= 0.6 is 11.8 Å². The van der Waals surface area contributed by atoms with Gasteiger partial charge in [-0.15, -0.1) is 5.10 Å². The lowest BCUT2D eigenvalue weighted by Crippen LogP contribution is -2.28. The van der Waals surface area contributed by atoms with Gasteiger partial charge >= 0.3 is 0 Å². The number of ether oxygens (including phenoxy) is 1.